The van der Waals surface area contributed by atoms with E-state index in [9.17, 15) is 5.11 Å². The van der Waals surface area contributed by atoms with Gasteiger partial charge in [0.05, 0.1) is 11.6 Å². The van der Waals surface area contributed by atoms with Crippen molar-refractivity contribution in [1.82, 2.24) is 9.47 Å². The summed E-state index contributed by atoms with van der Waals surface area (Å²) >= 11 is 0. The summed E-state index contributed by atoms with van der Waals surface area (Å²) in [4.78, 5) is 2.01. The molecule has 0 radical (unpaired) electrons. The fourth-order valence-corrected chi connectivity index (χ4v) is 3.52. The van der Waals surface area contributed by atoms with Crippen molar-refractivity contribution in [3.8, 4) is 5.75 Å². The van der Waals surface area contributed by atoms with Crippen molar-refractivity contribution >= 4 is 10.9 Å². The summed E-state index contributed by atoms with van der Waals surface area (Å²) in [5.41, 5.74) is 3.26. The number of aliphatic hydroxyl groups is 1. The molecule has 4 rings (SSSR count). The van der Waals surface area contributed by atoms with Gasteiger partial charge in [0.25, 0.3) is 0 Å². The van der Waals surface area contributed by atoms with Crippen LogP contribution < -0.4 is 4.74 Å². The Labute approximate surface area is 154 Å². The van der Waals surface area contributed by atoms with E-state index >= 15 is 0 Å². The summed E-state index contributed by atoms with van der Waals surface area (Å²) in [6.07, 6.45) is 4.02. The van der Waals surface area contributed by atoms with E-state index in [1.165, 1.54) is 12.8 Å². The third-order valence-corrected chi connectivity index (χ3v) is 4.92. The summed E-state index contributed by atoms with van der Waals surface area (Å²) in [5.74, 6) is 0.846. The van der Waals surface area contributed by atoms with E-state index in [0.717, 1.165) is 27.8 Å². The maximum absolute atomic E-state index is 10.8. The van der Waals surface area contributed by atoms with E-state index in [1.54, 1.807) is 0 Å². The Morgan fingerprint density at radius 1 is 1.12 bits per heavy atom. The molecule has 4 heteroatoms. The largest absolute Gasteiger partial charge is 0.488 e. The van der Waals surface area contributed by atoms with E-state index in [-0.39, 0.29) is 0 Å². The van der Waals surface area contributed by atoms with Gasteiger partial charge in [0.2, 0.25) is 0 Å². The van der Waals surface area contributed by atoms with Crippen LogP contribution in [0.4, 0.5) is 0 Å². The molecule has 1 saturated carbocycles. The Morgan fingerprint density at radius 3 is 2.58 bits per heavy atom. The lowest BCUT2D eigenvalue weighted by atomic mass is 10.1. The molecule has 0 spiro atoms. The number of ether oxygens (including phenoxy) is 1. The molecule has 0 bridgehead atoms. The molecule has 0 saturated heterocycles. The molecule has 0 aliphatic heterocycles. The minimum absolute atomic E-state index is 0.526. The lowest BCUT2D eigenvalue weighted by Crippen LogP contribution is -2.19. The van der Waals surface area contributed by atoms with Crippen molar-refractivity contribution in [2.75, 3.05) is 20.6 Å². The van der Waals surface area contributed by atoms with Crippen LogP contribution in [0.5, 0.6) is 5.75 Å². The molecule has 1 heterocycles. The Morgan fingerprint density at radius 2 is 1.88 bits per heavy atom. The highest BCUT2D eigenvalue weighted by Crippen LogP contribution is 2.42. The van der Waals surface area contributed by atoms with Crippen molar-refractivity contribution < 1.29 is 9.84 Å². The topological polar surface area (TPSA) is 37.6 Å². The zero-order valence-corrected chi connectivity index (χ0v) is 15.4. The van der Waals surface area contributed by atoms with E-state index in [2.05, 4.69) is 29.0 Å². The lowest BCUT2D eigenvalue weighted by molar-refractivity contribution is 0.139. The van der Waals surface area contributed by atoms with E-state index in [0.29, 0.717) is 19.2 Å². The molecule has 4 nitrogen and oxygen atoms in total. The van der Waals surface area contributed by atoms with E-state index < -0.39 is 6.10 Å². The third-order valence-electron chi connectivity index (χ3n) is 4.92. The molecule has 1 unspecified atom stereocenters. The average Bonchev–Trinajstić information content (AvgIpc) is 3.40. The molecule has 1 fully saturated rings. The van der Waals surface area contributed by atoms with Gasteiger partial charge in [0.1, 0.15) is 12.4 Å². The Bertz CT molecular complexity index is 882. The van der Waals surface area contributed by atoms with Gasteiger partial charge in [-0.2, -0.15) is 0 Å². The average molecular weight is 350 g/mol. The third kappa shape index (κ3) is 3.48. The van der Waals surface area contributed by atoms with Gasteiger partial charge in [-0.3, -0.25) is 0 Å². The molecule has 1 atom stereocenters. The highest BCUT2D eigenvalue weighted by molar-refractivity contribution is 5.90. The van der Waals surface area contributed by atoms with Crippen LogP contribution in [0.2, 0.25) is 0 Å². The van der Waals surface area contributed by atoms with Gasteiger partial charge >= 0.3 is 0 Å². The van der Waals surface area contributed by atoms with Crippen LogP contribution in [-0.4, -0.2) is 35.2 Å². The van der Waals surface area contributed by atoms with Crippen LogP contribution in [0, 0.1) is 0 Å². The normalized spacial score (nSPS) is 15.5. The number of likely N-dealkylation sites (N-methyl/N-ethyl adjacent to an activating group) is 1. The maximum Gasteiger partial charge on any atom is 0.129 e. The molecule has 136 valence electrons. The van der Waals surface area contributed by atoms with Crippen molar-refractivity contribution in [3.05, 3.63) is 65.9 Å². The van der Waals surface area contributed by atoms with Crippen LogP contribution >= 0.6 is 0 Å². The van der Waals surface area contributed by atoms with Crippen LogP contribution in [0.25, 0.3) is 10.9 Å². The van der Waals surface area contributed by atoms with Crippen LogP contribution in [0.1, 0.15) is 36.1 Å². The second kappa shape index (κ2) is 7.14. The predicted octanol–water partition coefficient (Wildman–Crippen LogP) is 4.15. The number of aromatic nitrogens is 1. The standard InChI is InChI=1S/C22H26N2O2/c1-23(2)14-20(25)18-13-24(17-11-12-17)19-9-6-10-21(22(18)19)26-15-16-7-4-3-5-8-16/h3-10,13,17,20,25H,11-12,14-15H2,1-2H3. The van der Waals surface area contributed by atoms with Crippen LogP contribution in [0.3, 0.4) is 0 Å². The Kier molecular flexibility index (Phi) is 4.70. The molecular weight excluding hydrogens is 324 g/mol. The van der Waals surface area contributed by atoms with Gasteiger partial charge in [-0.15, -0.1) is 0 Å². The van der Waals surface area contributed by atoms with Crippen LogP contribution in [-0.2, 0) is 6.61 Å². The Hall–Kier alpha value is -2.30. The summed E-state index contributed by atoms with van der Waals surface area (Å²) in [6, 6.07) is 16.9. The molecule has 1 aromatic heterocycles. The molecular formula is C22H26N2O2. The quantitative estimate of drug-likeness (QED) is 0.695. The number of rotatable bonds is 7. The number of fused-ring (bicyclic) bond motifs is 1. The van der Waals surface area contributed by atoms with E-state index in [1.807, 2.05) is 49.3 Å². The minimum Gasteiger partial charge on any atom is -0.488 e. The smallest absolute Gasteiger partial charge is 0.129 e. The van der Waals surface area contributed by atoms with Gasteiger partial charge in [0, 0.05) is 29.7 Å². The molecule has 3 aromatic rings. The molecule has 0 amide bonds. The van der Waals surface area contributed by atoms with Crippen molar-refractivity contribution in [2.45, 2.75) is 31.6 Å². The monoisotopic (exact) mass is 350 g/mol. The maximum atomic E-state index is 10.8. The van der Waals surface area contributed by atoms with E-state index in [4.69, 9.17) is 4.74 Å². The summed E-state index contributed by atoms with van der Waals surface area (Å²) in [5, 5.41) is 11.8. The second-order valence-corrected chi connectivity index (χ2v) is 7.43. The number of benzene rings is 2. The minimum atomic E-state index is -0.533. The SMILES string of the molecule is CN(C)CC(O)c1cn(C2CC2)c2cccc(OCc3ccccc3)c12. The van der Waals surface area contributed by atoms with Crippen LogP contribution in [0.15, 0.2) is 54.7 Å². The summed E-state index contributed by atoms with van der Waals surface area (Å²) in [6.45, 7) is 1.12. The first kappa shape index (κ1) is 17.1. The van der Waals surface area contributed by atoms with Crippen molar-refractivity contribution in [2.24, 2.45) is 0 Å². The van der Waals surface area contributed by atoms with Gasteiger partial charge in [-0.25, -0.2) is 0 Å². The molecule has 1 N–H and O–H groups in total. The highest BCUT2D eigenvalue weighted by Gasteiger charge is 2.28. The second-order valence-electron chi connectivity index (χ2n) is 7.43. The fourth-order valence-electron chi connectivity index (χ4n) is 3.52. The number of nitrogens with zero attached hydrogens (tertiary/aromatic N) is 2. The molecule has 2 aromatic carbocycles. The molecule has 1 aliphatic carbocycles. The summed E-state index contributed by atoms with van der Waals surface area (Å²) < 4.78 is 8.49. The van der Waals surface area contributed by atoms with Crippen molar-refractivity contribution in [1.29, 1.82) is 0 Å². The lowest BCUT2D eigenvalue weighted by Gasteiger charge is -2.16. The zero-order chi connectivity index (χ0) is 18.1. The van der Waals surface area contributed by atoms with Gasteiger partial charge < -0.3 is 19.3 Å². The van der Waals surface area contributed by atoms with Gasteiger partial charge in [-0.05, 0) is 44.6 Å². The first-order chi connectivity index (χ1) is 12.6. The Balaban J connectivity index is 1.72. The van der Waals surface area contributed by atoms with Crippen molar-refractivity contribution in [3.63, 3.8) is 0 Å². The van der Waals surface area contributed by atoms with Gasteiger partial charge in [0.15, 0.2) is 0 Å². The summed E-state index contributed by atoms with van der Waals surface area (Å²) in [7, 11) is 3.96. The highest BCUT2D eigenvalue weighted by atomic mass is 16.5. The number of hydrogen-bond donors (Lipinski definition) is 1. The first-order valence-electron chi connectivity index (χ1n) is 9.26. The fraction of sp³-hybridized carbons (Fsp3) is 0.364. The van der Waals surface area contributed by atoms with Gasteiger partial charge in [-0.1, -0.05) is 36.4 Å². The number of hydrogen-bond acceptors (Lipinski definition) is 3. The predicted molar refractivity (Wildman–Crippen MR) is 104 cm³/mol. The first-order valence-corrected chi connectivity index (χ1v) is 9.26. The molecule has 26 heavy (non-hydrogen) atoms. The number of aliphatic hydroxyl groups excluding tert-OH is 1. The zero-order valence-electron chi connectivity index (χ0n) is 15.4. The molecule has 1 aliphatic rings.